The molecule has 0 atom stereocenters. The number of fused-ring (bicyclic) bond motifs is 3. The van der Waals surface area contributed by atoms with Crippen LogP contribution in [0, 0.1) is 5.82 Å². The number of halogens is 1. The van der Waals surface area contributed by atoms with Gasteiger partial charge in [0, 0.05) is 30.0 Å². The van der Waals surface area contributed by atoms with Gasteiger partial charge in [-0.15, -0.1) is 22.7 Å². The van der Waals surface area contributed by atoms with E-state index >= 15 is 0 Å². The van der Waals surface area contributed by atoms with Crippen molar-refractivity contribution in [2.24, 2.45) is 7.05 Å². The number of hydrogen-bond donors (Lipinski definition) is 0. The van der Waals surface area contributed by atoms with Gasteiger partial charge in [-0.3, -0.25) is 19.1 Å². The van der Waals surface area contributed by atoms with Crippen molar-refractivity contribution in [3.8, 4) is 0 Å². The number of para-hydroxylation sites is 1. The topological polar surface area (TPSA) is 68.1 Å². The number of anilines is 2. The quantitative estimate of drug-likeness (QED) is 0.292. The number of thioether (sulfide) groups is 1. The average molecular weight is 487 g/mol. The molecule has 4 aromatic rings. The van der Waals surface area contributed by atoms with Crippen LogP contribution in [0.25, 0.3) is 10.2 Å². The number of thiazole rings is 1. The van der Waals surface area contributed by atoms with Crippen molar-refractivity contribution in [3.63, 3.8) is 0 Å². The second kappa shape index (κ2) is 8.42. The number of thiophene rings is 1. The van der Waals surface area contributed by atoms with E-state index in [1.54, 1.807) is 41.2 Å². The molecule has 10 heteroatoms. The maximum absolute atomic E-state index is 14.3. The van der Waals surface area contributed by atoms with Crippen molar-refractivity contribution in [1.82, 2.24) is 14.5 Å². The maximum atomic E-state index is 14.3. The monoisotopic (exact) mass is 486 g/mol. The number of rotatable bonds is 5. The maximum Gasteiger partial charge on any atom is 0.262 e. The van der Waals surface area contributed by atoms with Gasteiger partial charge in [-0.1, -0.05) is 23.9 Å². The van der Waals surface area contributed by atoms with E-state index in [9.17, 15) is 14.0 Å². The van der Waals surface area contributed by atoms with E-state index in [4.69, 9.17) is 4.98 Å². The van der Waals surface area contributed by atoms with Crippen molar-refractivity contribution >= 4 is 61.4 Å². The number of carbonyl (C=O) groups excluding carboxylic acids is 1. The van der Waals surface area contributed by atoms with E-state index < -0.39 is 5.82 Å². The Labute approximate surface area is 195 Å². The van der Waals surface area contributed by atoms with Crippen LogP contribution < -0.4 is 10.5 Å². The highest BCUT2D eigenvalue weighted by Gasteiger charge is 2.23. The Balaban J connectivity index is 1.40. The Morgan fingerprint density at radius 3 is 2.88 bits per heavy atom. The Hall–Kier alpha value is -2.56. The zero-order valence-corrected chi connectivity index (χ0v) is 19.9. The summed E-state index contributed by atoms with van der Waals surface area (Å²) in [5, 5.41) is 3.65. The Morgan fingerprint density at radius 1 is 1.28 bits per heavy atom. The Kier molecular flexibility index (Phi) is 5.60. The summed E-state index contributed by atoms with van der Waals surface area (Å²) in [6.45, 7) is 1.38. The van der Waals surface area contributed by atoms with Gasteiger partial charge in [0.15, 0.2) is 10.3 Å². The summed E-state index contributed by atoms with van der Waals surface area (Å²) in [4.78, 5) is 37.9. The second-order valence-corrected chi connectivity index (χ2v) is 10.4. The van der Waals surface area contributed by atoms with E-state index in [-0.39, 0.29) is 17.2 Å². The zero-order valence-electron chi connectivity index (χ0n) is 17.4. The molecule has 0 radical (unpaired) electrons. The zero-order chi connectivity index (χ0) is 22.4. The molecular weight excluding hydrogens is 467 g/mol. The third-order valence-corrected chi connectivity index (χ3v) is 8.52. The van der Waals surface area contributed by atoms with Gasteiger partial charge in [0.1, 0.15) is 10.6 Å². The fourth-order valence-electron chi connectivity index (χ4n) is 3.88. The largest absolute Gasteiger partial charge is 0.290 e. The molecule has 164 valence electrons. The summed E-state index contributed by atoms with van der Waals surface area (Å²) in [5.74, 6) is -0.316. The molecule has 1 aromatic carbocycles. The van der Waals surface area contributed by atoms with Gasteiger partial charge >= 0.3 is 0 Å². The predicted molar refractivity (Wildman–Crippen MR) is 128 cm³/mol. The van der Waals surface area contributed by atoms with Crippen LogP contribution in [0.4, 0.5) is 15.2 Å². The minimum atomic E-state index is -0.482. The van der Waals surface area contributed by atoms with Crippen molar-refractivity contribution in [2.45, 2.75) is 37.1 Å². The van der Waals surface area contributed by atoms with Gasteiger partial charge in [-0.05, 0) is 37.0 Å². The van der Waals surface area contributed by atoms with Crippen LogP contribution in [0.3, 0.4) is 0 Å². The molecule has 3 heterocycles. The molecule has 6 nitrogen and oxygen atoms in total. The van der Waals surface area contributed by atoms with E-state index in [1.807, 2.05) is 5.38 Å². The first-order valence-corrected chi connectivity index (χ1v) is 12.8. The highest BCUT2D eigenvalue weighted by molar-refractivity contribution is 7.98. The number of aromatic nitrogens is 3. The summed E-state index contributed by atoms with van der Waals surface area (Å²) >= 11 is 4.33. The van der Waals surface area contributed by atoms with Crippen LogP contribution in [0.2, 0.25) is 0 Å². The van der Waals surface area contributed by atoms with Gasteiger partial charge in [0.25, 0.3) is 5.56 Å². The first kappa shape index (κ1) is 21.3. The van der Waals surface area contributed by atoms with E-state index in [0.717, 1.165) is 35.2 Å². The lowest BCUT2D eigenvalue weighted by molar-refractivity contribution is -0.115. The number of amides is 1. The first-order valence-electron chi connectivity index (χ1n) is 10.1. The van der Waals surface area contributed by atoms with Gasteiger partial charge in [-0.25, -0.2) is 14.4 Å². The van der Waals surface area contributed by atoms with Gasteiger partial charge in [-0.2, -0.15) is 0 Å². The highest BCUT2D eigenvalue weighted by Crippen LogP contribution is 2.36. The number of benzene rings is 1. The fraction of sp³-hybridized carbons (Fsp3) is 0.273. The molecule has 0 N–H and O–H groups in total. The SMILES string of the molecule is CC(=O)N(c1nc(CSc2nc3sc4c(c3c(=O)n2C)CCC4)cs1)c1ccccc1F. The Bertz CT molecular complexity index is 1410. The number of hydrogen-bond acceptors (Lipinski definition) is 7. The van der Waals surface area contributed by atoms with Crippen LogP contribution >= 0.6 is 34.4 Å². The molecule has 0 spiro atoms. The summed E-state index contributed by atoms with van der Waals surface area (Å²) < 4.78 is 15.9. The number of carbonyl (C=O) groups is 1. The molecule has 1 aliphatic rings. The Morgan fingerprint density at radius 2 is 2.09 bits per heavy atom. The third kappa shape index (κ3) is 3.66. The molecule has 0 unspecified atom stereocenters. The van der Waals surface area contributed by atoms with Crippen molar-refractivity contribution in [1.29, 1.82) is 0 Å². The normalized spacial score (nSPS) is 13.0. The first-order chi connectivity index (χ1) is 15.4. The lowest BCUT2D eigenvalue weighted by Gasteiger charge is -2.18. The minimum Gasteiger partial charge on any atom is -0.290 e. The predicted octanol–water partition coefficient (Wildman–Crippen LogP) is 5.06. The van der Waals surface area contributed by atoms with E-state index in [2.05, 4.69) is 4.98 Å². The van der Waals surface area contributed by atoms with E-state index in [0.29, 0.717) is 16.0 Å². The van der Waals surface area contributed by atoms with Gasteiger partial charge in [0.05, 0.1) is 16.8 Å². The lowest BCUT2D eigenvalue weighted by Crippen LogP contribution is -2.23. The average Bonchev–Trinajstić information content (AvgIpc) is 3.47. The summed E-state index contributed by atoms with van der Waals surface area (Å²) in [5.41, 5.74) is 2.09. The van der Waals surface area contributed by atoms with Crippen LogP contribution in [-0.2, 0) is 30.4 Å². The molecule has 0 fully saturated rings. The van der Waals surface area contributed by atoms with Crippen LogP contribution in [0.5, 0.6) is 0 Å². The number of aryl methyl sites for hydroxylation is 2. The van der Waals surface area contributed by atoms with Crippen molar-refractivity contribution < 1.29 is 9.18 Å². The van der Waals surface area contributed by atoms with Gasteiger partial charge < -0.3 is 0 Å². The molecule has 1 aliphatic carbocycles. The summed E-state index contributed by atoms with van der Waals surface area (Å²) in [6, 6.07) is 6.14. The molecule has 5 rings (SSSR count). The lowest BCUT2D eigenvalue weighted by atomic mass is 10.2. The van der Waals surface area contributed by atoms with Crippen molar-refractivity contribution in [3.05, 3.63) is 62.0 Å². The molecule has 0 saturated heterocycles. The second-order valence-electron chi connectivity index (χ2n) is 7.51. The fourth-order valence-corrected chi connectivity index (χ4v) is 7.03. The standard InChI is InChI=1S/C22H19FN4O2S3/c1-12(28)27(16-8-4-3-7-15(16)23)22-24-13(11-31-22)10-30-21-25-19-18(20(29)26(21)2)14-6-5-9-17(14)32-19/h3-4,7-8,11H,5-6,9-10H2,1-2H3. The van der Waals surface area contributed by atoms with Crippen molar-refractivity contribution in [2.75, 3.05) is 4.90 Å². The molecular formula is C22H19FN4O2S3. The van der Waals surface area contributed by atoms with Crippen LogP contribution in [0.15, 0.2) is 39.6 Å². The highest BCUT2D eigenvalue weighted by atomic mass is 32.2. The molecule has 0 bridgehead atoms. The number of nitrogens with zero attached hydrogens (tertiary/aromatic N) is 4. The molecule has 3 aromatic heterocycles. The molecule has 1 amide bonds. The van der Waals surface area contributed by atoms with E-state index in [1.165, 1.54) is 51.4 Å². The smallest absolute Gasteiger partial charge is 0.262 e. The van der Waals surface area contributed by atoms with Gasteiger partial charge in [0.2, 0.25) is 5.91 Å². The minimum absolute atomic E-state index is 0.00169. The summed E-state index contributed by atoms with van der Waals surface area (Å²) in [6.07, 6.45) is 3.08. The van der Waals surface area contributed by atoms with Crippen LogP contribution in [-0.4, -0.2) is 20.4 Å². The molecule has 0 saturated carbocycles. The molecule has 32 heavy (non-hydrogen) atoms. The summed E-state index contributed by atoms with van der Waals surface area (Å²) in [7, 11) is 1.75. The van der Waals surface area contributed by atoms with Crippen LogP contribution in [0.1, 0.15) is 29.5 Å². The third-order valence-electron chi connectivity index (χ3n) is 5.39. The molecule has 0 aliphatic heterocycles.